The van der Waals surface area contributed by atoms with Crippen molar-refractivity contribution in [2.24, 2.45) is 11.3 Å². The lowest BCUT2D eigenvalue weighted by Crippen LogP contribution is -2.37. The number of hydrogen-bond donors (Lipinski definition) is 2. The van der Waals surface area contributed by atoms with Crippen LogP contribution in [-0.2, 0) is 25.5 Å². The first-order valence-corrected chi connectivity index (χ1v) is 16.5. The third-order valence-electron chi connectivity index (χ3n) is 8.58. The van der Waals surface area contributed by atoms with Crippen molar-refractivity contribution in [2.75, 3.05) is 85.2 Å². The van der Waals surface area contributed by atoms with Gasteiger partial charge in [-0.25, -0.2) is 9.97 Å². The Labute approximate surface area is 265 Å². The fourth-order valence-electron chi connectivity index (χ4n) is 5.79. The molecule has 0 saturated heterocycles. The molecule has 10 nitrogen and oxygen atoms in total. The number of carbonyl (C=O) groups is 1. The number of hydrogen-bond acceptors (Lipinski definition) is 9. The molecule has 1 fully saturated rings. The van der Waals surface area contributed by atoms with Gasteiger partial charge in [0.2, 0.25) is 5.91 Å². The van der Waals surface area contributed by atoms with E-state index in [1.54, 1.807) is 0 Å². The van der Waals surface area contributed by atoms with E-state index in [9.17, 15) is 4.79 Å². The van der Waals surface area contributed by atoms with Gasteiger partial charge in [-0.15, -0.1) is 0 Å². The maximum absolute atomic E-state index is 10.8. The Morgan fingerprint density at radius 2 is 1.55 bits per heavy atom. The summed E-state index contributed by atoms with van der Waals surface area (Å²) >= 11 is 0. The van der Waals surface area contributed by atoms with Gasteiger partial charge in [0, 0.05) is 38.0 Å². The molecule has 0 atom stereocenters. The average Bonchev–Trinajstić information content (AvgIpc) is 2.99. The predicted molar refractivity (Wildman–Crippen MR) is 178 cm³/mol. The highest BCUT2D eigenvalue weighted by atomic mass is 16.5. The van der Waals surface area contributed by atoms with E-state index in [1.807, 2.05) is 0 Å². The van der Waals surface area contributed by atoms with Gasteiger partial charge in [-0.1, -0.05) is 32.9 Å². The number of benzene rings is 1. The highest BCUT2D eigenvalue weighted by Gasteiger charge is 2.31. The lowest BCUT2D eigenvalue weighted by Gasteiger charge is -2.39. The minimum Gasteiger partial charge on any atom is -0.378 e. The maximum atomic E-state index is 10.8. The number of carbonyl (C=O) groups excluding carboxylic acids is 1. The number of likely N-dealkylation sites (N-methyl/N-ethyl adjacent to an activating group) is 1. The Balaban J connectivity index is 1.32. The molecule has 0 aliphatic heterocycles. The van der Waals surface area contributed by atoms with E-state index < -0.39 is 0 Å². The molecule has 1 amide bonds. The first kappa shape index (κ1) is 36.1. The first-order chi connectivity index (χ1) is 21.1. The van der Waals surface area contributed by atoms with E-state index in [0.29, 0.717) is 57.6 Å². The standard InChI is InChI=1S/C34H58N6O4/c1-27(41)35-17-20-42-22-24-44-25-23-43-21-19-39(5)18-9-16-36-33-30-10-7-8-11-31(30)37-32(38-33)26-40(6)29-14-12-28(13-15-29)34(2,3)4/h7-8,10-11,28-29H,9,12-26H2,1-6H3,(H,35,41)(H,36,37,38). The van der Waals surface area contributed by atoms with Crippen LogP contribution in [0.5, 0.6) is 0 Å². The van der Waals surface area contributed by atoms with Gasteiger partial charge in [0.05, 0.1) is 51.7 Å². The van der Waals surface area contributed by atoms with E-state index >= 15 is 0 Å². The fourth-order valence-corrected chi connectivity index (χ4v) is 5.79. The normalized spacial score (nSPS) is 17.5. The molecule has 1 aliphatic carbocycles. The van der Waals surface area contributed by atoms with Gasteiger partial charge in [-0.05, 0) is 76.2 Å². The lowest BCUT2D eigenvalue weighted by molar-refractivity contribution is -0.119. The highest BCUT2D eigenvalue weighted by Crippen LogP contribution is 2.39. The second-order valence-electron chi connectivity index (χ2n) is 13.2. The lowest BCUT2D eigenvalue weighted by atomic mass is 9.71. The van der Waals surface area contributed by atoms with E-state index in [-0.39, 0.29) is 5.91 Å². The second-order valence-corrected chi connectivity index (χ2v) is 13.2. The Kier molecular flexibility index (Phi) is 15.8. The Morgan fingerprint density at radius 3 is 2.23 bits per heavy atom. The van der Waals surface area contributed by atoms with Crippen molar-refractivity contribution in [3.8, 4) is 0 Å². The molecule has 248 valence electrons. The molecule has 44 heavy (non-hydrogen) atoms. The van der Waals surface area contributed by atoms with E-state index in [1.165, 1.54) is 32.6 Å². The predicted octanol–water partition coefficient (Wildman–Crippen LogP) is 4.59. The summed E-state index contributed by atoms with van der Waals surface area (Å²) in [6.45, 7) is 15.9. The fraction of sp³-hybridized carbons (Fsp3) is 0.735. The topological polar surface area (TPSA) is 101 Å². The summed E-state index contributed by atoms with van der Waals surface area (Å²) in [5.74, 6) is 2.59. The molecule has 1 aliphatic rings. The molecule has 0 radical (unpaired) electrons. The van der Waals surface area contributed by atoms with Crippen LogP contribution < -0.4 is 10.6 Å². The SMILES string of the molecule is CC(=O)NCCOCCOCCOCCN(C)CCCNc1nc(CN(C)C2CCC(C(C)(C)C)CC2)nc2ccccc12. The van der Waals surface area contributed by atoms with Crippen LogP contribution in [0.3, 0.4) is 0 Å². The van der Waals surface area contributed by atoms with Crippen molar-refractivity contribution < 1.29 is 19.0 Å². The first-order valence-electron chi connectivity index (χ1n) is 16.5. The van der Waals surface area contributed by atoms with Crippen LogP contribution in [0.2, 0.25) is 0 Å². The van der Waals surface area contributed by atoms with E-state index in [0.717, 1.165) is 61.1 Å². The largest absolute Gasteiger partial charge is 0.378 e. The van der Waals surface area contributed by atoms with Gasteiger partial charge < -0.3 is 29.7 Å². The van der Waals surface area contributed by atoms with Crippen molar-refractivity contribution in [3.63, 3.8) is 0 Å². The van der Waals surface area contributed by atoms with Crippen LogP contribution in [0, 0.1) is 11.3 Å². The molecule has 1 saturated carbocycles. The summed E-state index contributed by atoms with van der Waals surface area (Å²) in [4.78, 5) is 25.5. The van der Waals surface area contributed by atoms with Gasteiger partial charge in [-0.3, -0.25) is 9.69 Å². The summed E-state index contributed by atoms with van der Waals surface area (Å²) in [7, 11) is 4.36. The van der Waals surface area contributed by atoms with Crippen molar-refractivity contribution in [1.82, 2.24) is 25.1 Å². The number of fused-ring (bicyclic) bond motifs is 1. The quantitative estimate of drug-likeness (QED) is 0.208. The summed E-state index contributed by atoms with van der Waals surface area (Å²) < 4.78 is 16.6. The van der Waals surface area contributed by atoms with Crippen LogP contribution in [0.25, 0.3) is 10.9 Å². The van der Waals surface area contributed by atoms with Crippen molar-refractivity contribution in [2.45, 2.75) is 72.4 Å². The smallest absolute Gasteiger partial charge is 0.216 e. The van der Waals surface area contributed by atoms with Gasteiger partial charge in [-0.2, -0.15) is 0 Å². The number of rotatable bonds is 20. The average molecular weight is 615 g/mol. The molecule has 1 aromatic heterocycles. The zero-order valence-corrected chi connectivity index (χ0v) is 28.2. The minimum absolute atomic E-state index is 0.0447. The van der Waals surface area contributed by atoms with Crippen LogP contribution in [0.1, 0.15) is 65.6 Å². The molecule has 1 heterocycles. The van der Waals surface area contributed by atoms with Crippen molar-refractivity contribution in [1.29, 1.82) is 0 Å². The number of anilines is 1. The van der Waals surface area contributed by atoms with Gasteiger partial charge in [0.15, 0.2) is 0 Å². The monoisotopic (exact) mass is 614 g/mol. The molecular weight excluding hydrogens is 556 g/mol. The Hall–Kier alpha value is -2.37. The van der Waals surface area contributed by atoms with Crippen molar-refractivity contribution in [3.05, 3.63) is 30.1 Å². The van der Waals surface area contributed by atoms with Crippen LogP contribution >= 0.6 is 0 Å². The number of nitrogens with zero attached hydrogens (tertiary/aromatic N) is 4. The molecule has 0 unspecified atom stereocenters. The molecule has 2 aromatic rings. The molecule has 2 N–H and O–H groups in total. The minimum atomic E-state index is -0.0447. The van der Waals surface area contributed by atoms with E-state index in [2.05, 4.69) is 79.6 Å². The summed E-state index contributed by atoms with van der Waals surface area (Å²) in [6, 6.07) is 8.90. The number of ether oxygens (including phenoxy) is 3. The summed E-state index contributed by atoms with van der Waals surface area (Å²) in [5, 5.41) is 7.37. The molecule has 3 rings (SSSR count). The Bertz CT molecular complexity index is 1100. The third kappa shape index (κ3) is 13.3. The third-order valence-corrected chi connectivity index (χ3v) is 8.58. The molecule has 1 aromatic carbocycles. The number of nitrogens with one attached hydrogen (secondary N) is 2. The molecule has 0 bridgehead atoms. The second kappa shape index (κ2) is 19.2. The molecular formula is C34H58N6O4. The van der Waals surface area contributed by atoms with Gasteiger partial charge >= 0.3 is 0 Å². The van der Waals surface area contributed by atoms with Gasteiger partial charge in [0.25, 0.3) is 0 Å². The highest BCUT2D eigenvalue weighted by molar-refractivity contribution is 5.88. The van der Waals surface area contributed by atoms with E-state index in [4.69, 9.17) is 24.2 Å². The summed E-state index contributed by atoms with van der Waals surface area (Å²) in [5.41, 5.74) is 1.40. The van der Waals surface area contributed by atoms with Crippen LogP contribution in [0.4, 0.5) is 5.82 Å². The molecule has 10 heteroatoms. The number of aromatic nitrogens is 2. The zero-order chi connectivity index (χ0) is 31.8. The number of amides is 1. The zero-order valence-electron chi connectivity index (χ0n) is 28.2. The Morgan fingerprint density at radius 1 is 0.886 bits per heavy atom. The number of para-hydroxylation sites is 1. The van der Waals surface area contributed by atoms with Gasteiger partial charge in [0.1, 0.15) is 11.6 Å². The van der Waals surface area contributed by atoms with Crippen molar-refractivity contribution >= 4 is 22.6 Å². The van der Waals surface area contributed by atoms with Crippen LogP contribution in [-0.4, -0.2) is 112 Å². The molecule has 0 spiro atoms. The van der Waals surface area contributed by atoms with Crippen LogP contribution in [0.15, 0.2) is 24.3 Å². The maximum Gasteiger partial charge on any atom is 0.216 e. The summed E-state index contributed by atoms with van der Waals surface area (Å²) in [6.07, 6.45) is 6.12.